The molecule has 1 amide bonds. The number of hydrogen-bond acceptors (Lipinski definition) is 3. The van der Waals surface area contributed by atoms with Crippen molar-refractivity contribution in [2.24, 2.45) is 5.73 Å². The van der Waals surface area contributed by atoms with Crippen LogP contribution in [0.4, 0.5) is 0 Å². The van der Waals surface area contributed by atoms with Crippen LogP contribution in [0.2, 0.25) is 0 Å². The zero-order chi connectivity index (χ0) is 14.6. The lowest BCUT2D eigenvalue weighted by Crippen LogP contribution is -2.46. The number of aryl methyl sites for hydroxylation is 1. The van der Waals surface area contributed by atoms with E-state index in [2.05, 4.69) is 17.2 Å². The molecule has 1 saturated heterocycles. The van der Waals surface area contributed by atoms with E-state index >= 15 is 0 Å². The maximum absolute atomic E-state index is 12.3. The molecular weight excluding hydrogens is 252 g/mol. The van der Waals surface area contributed by atoms with E-state index in [4.69, 9.17) is 10.5 Å². The summed E-state index contributed by atoms with van der Waals surface area (Å²) >= 11 is 0. The summed E-state index contributed by atoms with van der Waals surface area (Å²) in [5.41, 5.74) is 7.54. The van der Waals surface area contributed by atoms with Crippen LogP contribution in [0.5, 0.6) is 0 Å². The number of nitrogens with two attached hydrogens (primary N) is 1. The molecule has 1 aliphatic rings. The van der Waals surface area contributed by atoms with Gasteiger partial charge in [0.05, 0.1) is 18.7 Å². The third kappa shape index (κ3) is 3.60. The van der Waals surface area contributed by atoms with Crippen LogP contribution in [-0.4, -0.2) is 31.2 Å². The lowest BCUT2D eigenvalue weighted by atomic mass is 10.00. The average Bonchev–Trinajstić information content (AvgIpc) is 2.82. The van der Waals surface area contributed by atoms with Gasteiger partial charge in [-0.3, -0.25) is 4.79 Å². The highest BCUT2D eigenvalue weighted by atomic mass is 16.5. The van der Waals surface area contributed by atoms with Gasteiger partial charge in [0, 0.05) is 17.7 Å². The molecule has 1 aromatic carbocycles. The first-order chi connectivity index (χ1) is 9.52. The standard InChI is InChI=1S/C16H20N2O2/c1-12-8-13(4-3-6-17)10-14(9-12)15(19)18-16(2)5-7-20-11-16/h8-10H,5-7,11,17H2,1-2H3,(H,18,19). The fraction of sp³-hybridized carbons (Fsp3) is 0.438. The zero-order valence-corrected chi connectivity index (χ0v) is 12.0. The molecule has 20 heavy (non-hydrogen) atoms. The van der Waals surface area contributed by atoms with Crippen molar-refractivity contribution in [2.75, 3.05) is 19.8 Å². The van der Waals surface area contributed by atoms with Crippen molar-refractivity contribution in [3.8, 4) is 11.8 Å². The molecule has 2 rings (SSSR count). The molecule has 1 heterocycles. The largest absolute Gasteiger partial charge is 0.379 e. The molecule has 1 aliphatic heterocycles. The number of hydrogen-bond donors (Lipinski definition) is 2. The van der Waals surface area contributed by atoms with Crippen molar-refractivity contribution in [2.45, 2.75) is 25.8 Å². The highest BCUT2D eigenvalue weighted by Gasteiger charge is 2.31. The lowest BCUT2D eigenvalue weighted by molar-refractivity contribution is 0.0889. The van der Waals surface area contributed by atoms with E-state index in [1.54, 1.807) is 6.07 Å². The summed E-state index contributed by atoms with van der Waals surface area (Å²) in [7, 11) is 0. The van der Waals surface area contributed by atoms with Gasteiger partial charge in [-0.2, -0.15) is 0 Å². The molecule has 0 spiro atoms. The van der Waals surface area contributed by atoms with Crippen LogP contribution in [0.25, 0.3) is 0 Å². The molecule has 0 bridgehead atoms. The number of rotatable bonds is 2. The first kappa shape index (κ1) is 14.6. The van der Waals surface area contributed by atoms with Crippen LogP contribution in [-0.2, 0) is 4.74 Å². The Morgan fingerprint density at radius 1 is 1.50 bits per heavy atom. The number of ether oxygens (including phenoxy) is 1. The molecule has 0 radical (unpaired) electrons. The Hall–Kier alpha value is -1.83. The third-order valence-electron chi connectivity index (χ3n) is 3.31. The molecule has 1 fully saturated rings. The zero-order valence-electron chi connectivity index (χ0n) is 12.0. The van der Waals surface area contributed by atoms with Gasteiger partial charge in [-0.1, -0.05) is 11.8 Å². The second-order valence-corrected chi connectivity index (χ2v) is 5.41. The molecular formula is C16H20N2O2. The summed E-state index contributed by atoms with van der Waals surface area (Å²) < 4.78 is 5.35. The molecule has 106 valence electrons. The average molecular weight is 272 g/mol. The monoisotopic (exact) mass is 272 g/mol. The summed E-state index contributed by atoms with van der Waals surface area (Å²) in [6, 6.07) is 5.60. The van der Waals surface area contributed by atoms with Gasteiger partial charge in [0.25, 0.3) is 5.91 Å². The van der Waals surface area contributed by atoms with E-state index < -0.39 is 0 Å². The van der Waals surface area contributed by atoms with Crippen LogP contribution in [0, 0.1) is 18.8 Å². The number of carbonyl (C=O) groups is 1. The minimum absolute atomic E-state index is 0.0856. The fourth-order valence-corrected chi connectivity index (χ4v) is 2.25. The van der Waals surface area contributed by atoms with Gasteiger partial charge >= 0.3 is 0 Å². The number of amides is 1. The van der Waals surface area contributed by atoms with Gasteiger partial charge in [0.1, 0.15) is 0 Å². The van der Waals surface area contributed by atoms with E-state index in [1.165, 1.54) is 0 Å². The van der Waals surface area contributed by atoms with E-state index in [9.17, 15) is 4.79 Å². The molecule has 0 saturated carbocycles. The van der Waals surface area contributed by atoms with Crippen LogP contribution in [0.1, 0.15) is 34.8 Å². The van der Waals surface area contributed by atoms with Gasteiger partial charge in [-0.15, -0.1) is 0 Å². The Morgan fingerprint density at radius 3 is 2.95 bits per heavy atom. The van der Waals surface area contributed by atoms with Crippen molar-refractivity contribution in [1.29, 1.82) is 0 Å². The van der Waals surface area contributed by atoms with E-state index in [0.29, 0.717) is 25.3 Å². The van der Waals surface area contributed by atoms with Crippen LogP contribution in [0.3, 0.4) is 0 Å². The number of nitrogens with one attached hydrogen (secondary N) is 1. The second-order valence-electron chi connectivity index (χ2n) is 5.41. The summed E-state index contributed by atoms with van der Waals surface area (Å²) in [6.45, 7) is 5.51. The van der Waals surface area contributed by atoms with Gasteiger partial charge in [0.2, 0.25) is 0 Å². The molecule has 3 N–H and O–H groups in total. The van der Waals surface area contributed by atoms with Crippen molar-refractivity contribution < 1.29 is 9.53 Å². The highest BCUT2D eigenvalue weighted by molar-refractivity contribution is 5.95. The van der Waals surface area contributed by atoms with Crippen molar-refractivity contribution in [3.05, 3.63) is 34.9 Å². The maximum Gasteiger partial charge on any atom is 0.251 e. The van der Waals surface area contributed by atoms with Crippen molar-refractivity contribution >= 4 is 5.91 Å². The first-order valence-electron chi connectivity index (χ1n) is 6.73. The Balaban J connectivity index is 2.19. The molecule has 1 atom stereocenters. The van der Waals surface area contributed by atoms with Crippen LogP contribution < -0.4 is 11.1 Å². The second kappa shape index (κ2) is 6.08. The van der Waals surface area contributed by atoms with Gasteiger partial charge in [-0.25, -0.2) is 0 Å². The lowest BCUT2D eigenvalue weighted by Gasteiger charge is -2.23. The summed E-state index contributed by atoms with van der Waals surface area (Å²) in [6.07, 6.45) is 0.838. The van der Waals surface area contributed by atoms with Crippen molar-refractivity contribution in [3.63, 3.8) is 0 Å². The van der Waals surface area contributed by atoms with Crippen molar-refractivity contribution in [1.82, 2.24) is 5.32 Å². The van der Waals surface area contributed by atoms with Gasteiger partial charge in [0.15, 0.2) is 0 Å². The van der Waals surface area contributed by atoms with Gasteiger partial charge in [-0.05, 0) is 44.0 Å². The fourth-order valence-electron chi connectivity index (χ4n) is 2.25. The summed E-state index contributed by atoms with van der Waals surface area (Å²) in [5, 5.41) is 3.05. The first-order valence-corrected chi connectivity index (χ1v) is 6.73. The quantitative estimate of drug-likeness (QED) is 0.796. The molecule has 4 heteroatoms. The normalized spacial score (nSPS) is 21.1. The van der Waals surface area contributed by atoms with E-state index in [1.807, 2.05) is 26.0 Å². The Labute approximate surface area is 119 Å². The molecule has 0 aromatic heterocycles. The Bertz CT molecular complexity index is 564. The number of carbonyl (C=O) groups excluding carboxylic acids is 1. The minimum atomic E-state index is -0.274. The third-order valence-corrected chi connectivity index (χ3v) is 3.31. The number of benzene rings is 1. The van der Waals surface area contributed by atoms with Crippen LogP contribution in [0.15, 0.2) is 18.2 Å². The predicted octanol–water partition coefficient (Wildman–Crippen LogP) is 1.21. The SMILES string of the molecule is Cc1cc(C#CCN)cc(C(=O)NC2(C)CCOC2)c1. The highest BCUT2D eigenvalue weighted by Crippen LogP contribution is 2.19. The predicted molar refractivity (Wildman–Crippen MR) is 78.4 cm³/mol. The van der Waals surface area contributed by atoms with E-state index in [-0.39, 0.29) is 11.4 Å². The molecule has 1 unspecified atom stereocenters. The van der Waals surface area contributed by atoms with Crippen LogP contribution >= 0.6 is 0 Å². The van der Waals surface area contributed by atoms with Gasteiger partial charge < -0.3 is 15.8 Å². The topological polar surface area (TPSA) is 64.4 Å². The summed E-state index contributed by atoms with van der Waals surface area (Å²) in [4.78, 5) is 12.3. The molecule has 4 nitrogen and oxygen atoms in total. The minimum Gasteiger partial charge on any atom is -0.379 e. The summed E-state index contributed by atoms with van der Waals surface area (Å²) in [5.74, 6) is 5.68. The molecule has 1 aromatic rings. The Morgan fingerprint density at radius 2 is 2.30 bits per heavy atom. The molecule has 0 aliphatic carbocycles. The smallest absolute Gasteiger partial charge is 0.251 e. The maximum atomic E-state index is 12.3. The Kier molecular flexibility index (Phi) is 4.43. The van der Waals surface area contributed by atoms with E-state index in [0.717, 1.165) is 17.5 Å².